The van der Waals surface area contributed by atoms with E-state index in [0.717, 1.165) is 31.8 Å². The lowest BCUT2D eigenvalue weighted by Gasteiger charge is -2.11. The number of para-hydroxylation sites is 1. The Morgan fingerprint density at radius 2 is 1.75 bits per heavy atom. The van der Waals surface area contributed by atoms with E-state index in [1.54, 1.807) is 0 Å². The maximum atomic E-state index is 8.61. The molecule has 0 saturated heterocycles. The molecular formula is C14H26Cl2N2O2. The number of aliphatic hydroxyl groups is 1. The van der Waals surface area contributed by atoms with E-state index in [1.165, 1.54) is 5.56 Å². The molecular weight excluding hydrogens is 299 g/mol. The summed E-state index contributed by atoms with van der Waals surface area (Å²) in [4.78, 5) is 0. The first-order valence-corrected chi connectivity index (χ1v) is 6.61. The smallest absolute Gasteiger partial charge is 0.123 e. The monoisotopic (exact) mass is 324 g/mol. The van der Waals surface area contributed by atoms with Gasteiger partial charge in [0.25, 0.3) is 0 Å². The van der Waals surface area contributed by atoms with E-state index in [-0.39, 0.29) is 31.4 Å². The van der Waals surface area contributed by atoms with Crippen molar-refractivity contribution in [1.29, 1.82) is 0 Å². The predicted octanol–water partition coefficient (Wildman–Crippen LogP) is 1.99. The first kappa shape index (κ1) is 21.8. The lowest BCUT2D eigenvalue weighted by molar-refractivity contribution is 0.292. The molecule has 0 aliphatic heterocycles. The molecule has 0 aromatic heterocycles. The SMILES string of the molecule is CCOc1ccccc1CNCCCNCCO.Cl.Cl. The number of ether oxygens (including phenoxy) is 1. The number of nitrogens with one attached hydrogen (secondary N) is 2. The van der Waals surface area contributed by atoms with Crippen molar-refractivity contribution in [2.75, 3.05) is 32.8 Å². The Balaban J connectivity index is 0. The van der Waals surface area contributed by atoms with Crippen LogP contribution in [0.5, 0.6) is 5.75 Å². The predicted molar refractivity (Wildman–Crippen MR) is 88.4 cm³/mol. The first-order valence-electron chi connectivity index (χ1n) is 6.61. The molecule has 0 radical (unpaired) electrons. The molecule has 0 aliphatic rings. The van der Waals surface area contributed by atoms with Crippen molar-refractivity contribution in [3.8, 4) is 5.75 Å². The number of hydrogen-bond acceptors (Lipinski definition) is 4. The summed E-state index contributed by atoms with van der Waals surface area (Å²) in [5.74, 6) is 0.964. The van der Waals surface area contributed by atoms with Gasteiger partial charge in [-0.3, -0.25) is 0 Å². The van der Waals surface area contributed by atoms with Gasteiger partial charge in [-0.2, -0.15) is 0 Å². The Morgan fingerprint density at radius 1 is 1.05 bits per heavy atom. The minimum Gasteiger partial charge on any atom is -0.494 e. The van der Waals surface area contributed by atoms with E-state index in [9.17, 15) is 0 Å². The highest BCUT2D eigenvalue weighted by Crippen LogP contribution is 2.17. The summed E-state index contributed by atoms with van der Waals surface area (Å²) in [5.41, 5.74) is 1.20. The fraction of sp³-hybridized carbons (Fsp3) is 0.571. The Morgan fingerprint density at radius 3 is 2.45 bits per heavy atom. The van der Waals surface area contributed by atoms with E-state index in [4.69, 9.17) is 9.84 Å². The Bertz CT molecular complexity index is 328. The lowest BCUT2D eigenvalue weighted by Crippen LogP contribution is -2.24. The molecule has 0 unspecified atom stereocenters. The molecule has 1 aromatic rings. The zero-order valence-electron chi connectivity index (χ0n) is 11.9. The van der Waals surface area contributed by atoms with Gasteiger partial charge in [0, 0.05) is 18.7 Å². The van der Waals surface area contributed by atoms with Gasteiger partial charge in [-0.05, 0) is 32.5 Å². The van der Waals surface area contributed by atoms with Gasteiger partial charge < -0.3 is 20.5 Å². The maximum Gasteiger partial charge on any atom is 0.123 e. The fourth-order valence-electron chi connectivity index (χ4n) is 1.71. The molecule has 1 aromatic carbocycles. The lowest BCUT2D eigenvalue weighted by atomic mass is 10.2. The zero-order valence-corrected chi connectivity index (χ0v) is 13.6. The minimum absolute atomic E-state index is 0. The van der Waals surface area contributed by atoms with Crippen LogP contribution in [0.25, 0.3) is 0 Å². The molecule has 0 fully saturated rings. The molecule has 3 N–H and O–H groups in total. The molecule has 0 amide bonds. The molecule has 4 nitrogen and oxygen atoms in total. The highest BCUT2D eigenvalue weighted by Gasteiger charge is 2.00. The van der Waals surface area contributed by atoms with Crippen molar-refractivity contribution < 1.29 is 9.84 Å². The largest absolute Gasteiger partial charge is 0.494 e. The summed E-state index contributed by atoms with van der Waals surface area (Å²) in [6.45, 7) is 6.29. The minimum atomic E-state index is 0. The summed E-state index contributed by atoms with van der Waals surface area (Å²) in [7, 11) is 0. The van der Waals surface area contributed by atoms with E-state index < -0.39 is 0 Å². The molecule has 0 aliphatic carbocycles. The van der Waals surface area contributed by atoms with Gasteiger partial charge in [0.15, 0.2) is 0 Å². The highest BCUT2D eigenvalue weighted by atomic mass is 35.5. The second-order valence-electron chi connectivity index (χ2n) is 4.04. The molecule has 1 rings (SSSR count). The third-order valence-electron chi connectivity index (χ3n) is 2.58. The van der Waals surface area contributed by atoms with Crippen LogP contribution in [0, 0.1) is 0 Å². The average molecular weight is 325 g/mol. The van der Waals surface area contributed by atoms with Gasteiger partial charge in [0.2, 0.25) is 0 Å². The third kappa shape index (κ3) is 9.39. The molecule has 0 bridgehead atoms. The van der Waals surface area contributed by atoms with Crippen LogP contribution >= 0.6 is 24.8 Å². The molecule has 0 saturated carbocycles. The van der Waals surface area contributed by atoms with Crippen LogP contribution in [0.1, 0.15) is 18.9 Å². The quantitative estimate of drug-likeness (QED) is 0.576. The van der Waals surface area contributed by atoms with Gasteiger partial charge in [-0.1, -0.05) is 18.2 Å². The second-order valence-corrected chi connectivity index (χ2v) is 4.04. The summed E-state index contributed by atoms with van der Waals surface area (Å²) in [5, 5.41) is 15.2. The van der Waals surface area contributed by atoms with Crippen molar-refractivity contribution in [2.24, 2.45) is 0 Å². The first-order chi connectivity index (χ1) is 8.88. The van der Waals surface area contributed by atoms with Crippen LogP contribution in [-0.4, -0.2) is 38.0 Å². The van der Waals surface area contributed by atoms with Crippen LogP contribution in [-0.2, 0) is 6.54 Å². The second kappa shape index (κ2) is 14.9. The van der Waals surface area contributed by atoms with Gasteiger partial charge in [-0.15, -0.1) is 24.8 Å². The topological polar surface area (TPSA) is 53.5 Å². The molecule has 6 heteroatoms. The van der Waals surface area contributed by atoms with E-state index in [0.29, 0.717) is 13.2 Å². The molecule has 0 heterocycles. The Hall–Kier alpha value is -0.520. The van der Waals surface area contributed by atoms with Gasteiger partial charge in [-0.25, -0.2) is 0 Å². The van der Waals surface area contributed by atoms with Gasteiger partial charge in [0.05, 0.1) is 13.2 Å². The molecule has 0 spiro atoms. The van der Waals surface area contributed by atoms with E-state index in [1.807, 2.05) is 25.1 Å². The Labute approximate surface area is 134 Å². The standard InChI is InChI=1S/C14H24N2O2.2ClH/c1-2-18-14-7-4-3-6-13(14)12-16-9-5-8-15-10-11-17;;/h3-4,6-7,15-17H,2,5,8-12H2,1H3;2*1H. The van der Waals surface area contributed by atoms with Crippen LogP contribution in [0.4, 0.5) is 0 Å². The van der Waals surface area contributed by atoms with Crippen molar-refractivity contribution in [3.63, 3.8) is 0 Å². The maximum absolute atomic E-state index is 8.61. The van der Waals surface area contributed by atoms with Crippen LogP contribution < -0.4 is 15.4 Å². The normalized spacial score (nSPS) is 9.50. The number of aliphatic hydroxyl groups excluding tert-OH is 1. The number of rotatable bonds is 10. The average Bonchev–Trinajstić information content (AvgIpc) is 2.40. The number of hydrogen-bond donors (Lipinski definition) is 3. The Kier molecular flexibility index (Phi) is 16.2. The van der Waals surface area contributed by atoms with Gasteiger partial charge >= 0.3 is 0 Å². The molecule has 0 atom stereocenters. The zero-order chi connectivity index (χ0) is 13.1. The fourth-order valence-corrected chi connectivity index (χ4v) is 1.71. The van der Waals surface area contributed by atoms with Gasteiger partial charge in [0.1, 0.15) is 5.75 Å². The summed E-state index contributed by atoms with van der Waals surface area (Å²) in [6.07, 6.45) is 1.05. The van der Waals surface area contributed by atoms with Crippen molar-refractivity contribution in [3.05, 3.63) is 29.8 Å². The number of benzene rings is 1. The molecule has 118 valence electrons. The van der Waals surface area contributed by atoms with E-state index in [2.05, 4.69) is 16.7 Å². The van der Waals surface area contributed by atoms with Crippen molar-refractivity contribution in [1.82, 2.24) is 10.6 Å². The molecule has 20 heavy (non-hydrogen) atoms. The number of halogens is 2. The summed E-state index contributed by atoms with van der Waals surface area (Å²) >= 11 is 0. The summed E-state index contributed by atoms with van der Waals surface area (Å²) in [6, 6.07) is 8.11. The highest BCUT2D eigenvalue weighted by molar-refractivity contribution is 5.85. The van der Waals surface area contributed by atoms with E-state index >= 15 is 0 Å². The van der Waals surface area contributed by atoms with Crippen molar-refractivity contribution in [2.45, 2.75) is 19.9 Å². The van der Waals surface area contributed by atoms with Crippen LogP contribution in [0.15, 0.2) is 24.3 Å². The van der Waals surface area contributed by atoms with Crippen molar-refractivity contribution >= 4 is 24.8 Å². The van der Waals surface area contributed by atoms with Crippen LogP contribution in [0.3, 0.4) is 0 Å². The summed E-state index contributed by atoms with van der Waals surface area (Å²) < 4.78 is 5.57. The van der Waals surface area contributed by atoms with Crippen LogP contribution in [0.2, 0.25) is 0 Å². The third-order valence-corrected chi connectivity index (χ3v) is 2.58.